The van der Waals surface area contributed by atoms with Crippen LogP contribution < -0.4 is 14.8 Å². The number of anilines is 1. The quantitative estimate of drug-likeness (QED) is 0.577. The SMILES string of the molecule is CCOc1ccc(NC(=O)CSc2ncc(-c3ccc(OC)cc3)n2C)cc1. The zero-order valence-corrected chi connectivity index (χ0v) is 17.0. The van der Waals surface area contributed by atoms with Crippen LogP contribution in [-0.2, 0) is 11.8 Å². The molecule has 0 bridgehead atoms. The third-order valence-corrected chi connectivity index (χ3v) is 5.16. The molecular weight excluding hydrogens is 374 g/mol. The maximum atomic E-state index is 12.2. The van der Waals surface area contributed by atoms with E-state index in [0.29, 0.717) is 6.61 Å². The maximum absolute atomic E-state index is 12.2. The topological polar surface area (TPSA) is 65.4 Å². The lowest BCUT2D eigenvalue weighted by molar-refractivity contribution is -0.113. The minimum absolute atomic E-state index is 0.0804. The normalized spacial score (nSPS) is 10.5. The molecule has 146 valence electrons. The highest BCUT2D eigenvalue weighted by molar-refractivity contribution is 7.99. The lowest BCUT2D eigenvalue weighted by Gasteiger charge is -2.08. The molecule has 2 aromatic carbocycles. The molecule has 0 saturated carbocycles. The Hall–Kier alpha value is -2.93. The fraction of sp³-hybridized carbons (Fsp3) is 0.238. The molecule has 6 nitrogen and oxygen atoms in total. The van der Waals surface area contributed by atoms with E-state index in [1.54, 1.807) is 7.11 Å². The highest BCUT2D eigenvalue weighted by atomic mass is 32.2. The zero-order chi connectivity index (χ0) is 19.9. The smallest absolute Gasteiger partial charge is 0.234 e. The van der Waals surface area contributed by atoms with Crippen LogP contribution in [0.15, 0.2) is 59.9 Å². The molecule has 3 aromatic rings. The van der Waals surface area contributed by atoms with Crippen LogP contribution in [0, 0.1) is 0 Å². The lowest BCUT2D eigenvalue weighted by Crippen LogP contribution is -2.14. The van der Waals surface area contributed by atoms with Crippen molar-refractivity contribution in [2.24, 2.45) is 7.05 Å². The molecule has 0 unspecified atom stereocenters. The highest BCUT2D eigenvalue weighted by Gasteiger charge is 2.11. The summed E-state index contributed by atoms with van der Waals surface area (Å²) >= 11 is 1.40. The number of aromatic nitrogens is 2. The Labute approximate surface area is 168 Å². The second-order valence-corrected chi connectivity index (χ2v) is 6.95. The molecule has 1 N–H and O–H groups in total. The summed E-state index contributed by atoms with van der Waals surface area (Å²) in [5, 5.41) is 3.67. The first-order valence-corrected chi connectivity index (χ1v) is 9.91. The number of nitrogens with one attached hydrogen (secondary N) is 1. The Morgan fingerprint density at radius 1 is 1.11 bits per heavy atom. The van der Waals surface area contributed by atoms with Crippen LogP contribution in [0.1, 0.15) is 6.92 Å². The number of thioether (sulfide) groups is 1. The van der Waals surface area contributed by atoms with Gasteiger partial charge in [0, 0.05) is 18.3 Å². The number of imidazole rings is 1. The summed E-state index contributed by atoms with van der Waals surface area (Å²) in [5.74, 6) is 1.80. The molecule has 1 amide bonds. The molecule has 28 heavy (non-hydrogen) atoms. The summed E-state index contributed by atoms with van der Waals surface area (Å²) < 4.78 is 12.6. The van der Waals surface area contributed by atoms with Crippen molar-refractivity contribution in [1.29, 1.82) is 0 Å². The molecule has 0 aliphatic rings. The summed E-state index contributed by atoms with van der Waals surface area (Å²) in [7, 11) is 3.59. The number of hydrogen-bond acceptors (Lipinski definition) is 5. The van der Waals surface area contributed by atoms with Crippen molar-refractivity contribution in [2.75, 3.05) is 24.8 Å². The molecule has 3 rings (SSSR count). The minimum Gasteiger partial charge on any atom is -0.497 e. The van der Waals surface area contributed by atoms with Gasteiger partial charge in [0.15, 0.2) is 5.16 Å². The predicted octanol–water partition coefficient (Wildman–Crippen LogP) is 4.23. The van der Waals surface area contributed by atoms with Crippen molar-refractivity contribution in [3.05, 3.63) is 54.7 Å². The van der Waals surface area contributed by atoms with E-state index in [2.05, 4.69) is 10.3 Å². The Morgan fingerprint density at radius 3 is 2.43 bits per heavy atom. The Morgan fingerprint density at radius 2 is 1.79 bits per heavy atom. The molecule has 0 aliphatic carbocycles. The van der Waals surface area contributed by atoms with Gasteiger partial charge in [-0.05, 0) is 55.5 Å². The average Bonchev–Trinajstić information content (AvgIpc) is 3.08. The maximum Gasteiger partial charge on any atom is 0.234 e. The summed E-state index contributed by atoms with van der Waals surface area (Å²) in [5.41, 5.74) is 2.77. The molecule has 1 heterocycles. The third-order valence-electron chi connectivity index (χ3n) is 4.11. The average molecular weight is 398 g/mol. The summed E-state index contributed by atoms with van der Waals surface area (Å²) in [6, 6.07) is 15.1. The molecule has 0 aliphatic heterocycles. The molecule has 0 fully saturated rings. The number of amides is 1. The molecule has 0 saturated heterocycles. The minimum atomic E-state index is -0.0804. The number of nitrogens with zero attached hydrogens (tertiary/aromatic N) is 2. The van der Waals surface area contributed by atoms with E-state index in [1.165, 1.54) is 11.8 Å². The van der Waals surface area contributed by atoms with Crippen LogP contribution in [0.2, 0.25) is 0 Å². The van der Waals surface area contributed by atoms with E-state index in [9.17, 15) is 4.79 Å². The van der Waals surface area contributed by atoms with Gasteiger partial charge in [0.2, 0.25) is 5.91 Å². The van der Waals surface area contributed by atoms with Crippen LogP contribution in [0.3, 0.4) is 0 Å². The number of ether oxygens (including phenoxy) is 2. The second-order valence-electron chi connectivity index (χ2n) is 6.01. The van der Waals surface area contributed by atoms with E-state index < -0.39 is 0 Å². The van der Waals surface area contributed by atoms with Gasteiger partial charge in [0.25, 0.3) is 0 Å². The zero-order valence-electron chi connectivity index (χ0n) is 16.1. The van der Waals surface area contributed by atoms with Crippen LogP contribution in [0.5, 0.6) is 11.5 Å². The first-order valence-electron chi connectivity index (χ1n) is 8.92. The van der Waals surface area contributed by atoms with Crippen molar-refractivity contribution in [1.82, 2.24) is 9.55 Å². The van der Waals surface area contributed by atoms with Gasteiger partial charge in [0.05, 0.1) is 31.4 Å². The van der Waals surface area contributed by atoms with Gasteiger partial charge in [-0.25, -0.2) is 4.98 Å². The van der Waals surface area contributed by atoms with Crippen molar-refractivity contribution >= 4 is 23.4 Å². The van der Waals surface area contributed by atoms with Gasteiger partial charge >= 0.3 is 0 Å². The van der Waals surface area contributed by atoms with Gasteiger partial charge in [-0.1, -0.05) is 11.8 Å². The molecular formula is C21H23N3O3S. The first-order chi connectivity index (χ1) is 13.6. The van der Waals surface area contributed by atoms with E-state index >= 15 is 0 Å². The summed E-state index contributed by atoms with van der Waals surface area (Å²) in [4.78, 5) is 16.7. The van der Waals surface area contributed by atoms with E-state index in [0.717, 1.165) is 33.6 Å². The standard InChI is InChI=1S/C21H23N3O3S/c1-4-27-18-11-7-16(8-12-18)23-20(25)14-28-21-22-13-19(24(21)2)15-5-9-17(26-3)10-6-15/h5-13H,4,14H2,1-3H3,(H,23,25). The van der Waals surface area contributed by atoms with E-state index in [4.69, 9.17) is 9.47 Å². The molecule has 0 spiro atoms. The number of hydrogen-bond donors (Lipinski definition) is 1. The van der Waals surface area contributed by atoms with Crippen molar-refractivity contribution in [2.45, 2.75) is 12.1 Å². The number of benzene rings is 2. The predicted molar refractivity (Wildman–Crippen MR) is 112 cm³/mol. The van der Waals surface area contributed by atoms with Crippen LogP contribution >= 0.6 is 11.8 Å². The Kier molecular flexibility index (Phi) is 6.60. The molecule has 1 aromatic heterocycles. The number of carbonyl (C=O) groups is 1. The lowest BCUT2D eigenvalue weighted by atomic mass is 10.1. The highest BCUT2D eigenvalue weighted by Crippen LogP contribution is 2.26. The van der Waals surface area contributed by atoms with Crippen LogP contribution in [-0.4, -0.2) is 34.9 Å². The molecule has 7 heteroatoms. The van der Waals surface area contributed by atoms with Gasteiger partial charge < -0.3 is 19.4 Å². The number of carbonyl (C=O) groups excluding carboxylic acids is 1. The van der Waals surface area contributed by atoms with Gasteiger partial charge in [0.1, 0.15) is 11.5 Å². The van der Waals surface area contributed by atoms with Crippen molar-refractivity contribution in [3.8, 4) is 22.8 Å². The number of rotatable bonds is 8. The summed E-state index contributed by atoms with van der Waals surface area (Å²) in [6.45, 7) is 2.55. The fourth-order valence-corrected chi connectivity index (χ4v) is 3.44. The largest absolute Gasteiger partial charge is 0.497 e. The Balaban J connectivity index is 1.58. The second kappa shape index (κ2) is 9.32. The van der Waals surface area contributed by atoms with E-state index in [1.807, 2.05) is 73.3 Å². The van der Waals surface area contributed by atoms with E-state index in [-0.39, 0.29) is 11.7 Å². The fourth-order valence-electron chi connectivity index (χ4n) is 2.68. The summed E-state index contributed by atoms with van der Waals surface area (Å²) in [6.07, 6.45) is 1.81. The van der Waals surface area contributed by atoms with Crippen LogP contribution in [0.25, 0.3) is 11.3 Å². The molecule has 0 radical (unpaired) electrons. The third kappa shape index (κ3) is 4.86. The monoisotopic (exact) mass is 397 g/mol. The molecule has 0 atom stereocenters. The van der Waals surface area contributed by atoms with Gasteiger partial charge in [-0.2, -0.15) is 0 Å². The van der Waals surface area contributed by atoms with Crippen molar-refractivity contribution in [3.63, 3.8) is 0 Å². The first kappa shape index (κ1) is 19.8. The van der Waals surface area contributed by atoms with Gasteiger partial charge in [-0.15, -0.1) is 0 Å². The number of methoxy groups -OCH3 is 1. The van der Waals surface area contributed by atoms with Crippen LogP contribution in [0.4, 0.5) is 5.69 Å². The van der Waals surface area contributed by atoms with Crippen molar-refractivity contribution < 1.29 is 14.3 Å². The Bertz CT molecular complexity index is 921. The van der Waals surface area contributed by atoms with Gasteiger partial charge in [-0.3, -0.25) is 4.79 Å².